The molecule has 32 heavy (non-hydrogen) atoms. The Hall–Kier alpha value is -3.35. The van der Waals surface area contributed by atoms with Crippen LogP contribution in [0.1, 0.15) is 6.42 Å². The van der Waals surface area contributed by atoms with E-state index >= 15 is 0 Å². The number of carboxylic acids is 3. The highest BCUT2D eigenvalue weighted by atomic mass is 19.4. The molecular formula is C19H19F3N2O8. The summed E-state index contributed by atoms with van der Waals surface area (Å²) in [5.41, 5.74) is -1.84. The summed E-state index contributed by atoms with van der Waals surface area (Å²) in [5.74, 6) is -4.50. The van der Waals surface area contributed by atoms with Crippen LogP contribution in [0.25, 0.3) is 0 Å². The van der Waals surface area contributed by atoms with Gasteiger partial charge in [0.25, 0.3) is 0 Å². The van der Waals surface area contributed by atoms with E-state index in [0.717, 1.165) is 0 Å². The maximum atomic E-state index is 12.7. The number of piperidine rings is 1. The number of aliphatic carboxylic acids is 3. The summed E-state index contributed by atoms with van der Waals surface area (Å²) in [4.78, 5) is 48.0. The largest absolute Gasteiger partial charge is 0.490 e. The lowest BCUT2D eigenvalue weighted by molar-refractivity contribution is -0.192. The number of likely N-dealkylation sites (tertiary alicyclic amines) is 1. The third-order valence-corrected chi connectivity index (χ3v) is 5.83. The number of halogens is 3. The fourth-order valence-electron chi connectivity index (χ4n) is 4.22. The van der Waals surface area contributed by atoms with Gasteiger partial charge in [0.2, 0.25) is 5.91 Å². The molecule has 13 heteroatoms. The Morgan fingerprint density at radius 1 is 1.00 bits per heavy atom. The average molecular weight is 460 g/mol. The summed E-state index contributed by atoms with van der Waals surface area (Å²) < 4.78 is 37.3. The van der Waals surface area contributed by atoms with Crippen molar-refractivity contribution < 1.29 is 52.4 Å². The number of carboxylic acid groups (broad SMARTS) is 3. The summed E-state index contributed by atoms with van der Waals surface area (Å²) >= 11 is 0. The minimum absolute atomic E-state index is 0.00159. The molecule has 3 aliphatic rings. The van der Waals surface area contributed by atoms with Crippen LogP contribution in [-0.4, -0.2) is 83.0 Å². The predicted octanol–water partition coefficient (Wildman–Crippen LogP) is 0.907. The van der Waals surface area contributed by atoms with Crippen molar-refractivity contribution in [2.75, 3.05) is 37.7 Å². The van der Waals surface area contributed by atoms with E-state index in [2.05, 4.69) is 0 Å². The SMILES string of the molecule is O=C(CN1C[C@@]2(C(=O)O)C[C@@]2(C(=O)O)C1)N1CCOc2ccccc21.O=C(O)C(F)(F)F. The normalized spacial score (nSPS) is 26.0. The summed E-state index contributed by atoms with van der Waals surface area (Å²) in [7, 11) is 0. The monoisotopic (exact) mass is 460 g/mol. The van der Waals surface area contributed by atoms with Crippen molar-refractivity contribution in [1.82, 2.24) is 4.90 Å². The van der Waals surface area contributed by atoms with Gasteiger partial charge in [0.05, 0.1) is 29.6 Å². The van der Waals surface area contributed by atoms with Gasteiger partial charge < -0.3 is 25.0 Å². The summed E-state index contributed by atoms with van der Waals surface area (Å²) in [5, 5.41) is 26.0. The number of anilines is 1. The van der Waals surface area contributed by atoms with Gasteiger partial charge in [0, 0.05) is 13.1 Å². The molecule has 0 bridgehead atoms. The highest BCUT2D eigenvalue weighted by Crippen LogP contribution is 2.68. The standard InChI is InChI=1S/C17H18N2O6.C2HF3O2/c20-13(19-5-6-25-12-4-2-1-3-11(12)19)7-18-9-16(14(21)22)8-17(16,10-18)15(23)24;3-2(4,5)1(6)7/h1-4H,5-10H2,(H,21,22)(H,23,24);(H,6,7)/t16-,17+;. The smallest absolute Gasteiger partial charge is 0.490 e. The van der Waals surface area contributed by atoms with Crippen molar-refractivity contribution in [1.29, 1.82) is 0 Å². The van der Waals surface area contributed by atoms with Crippen LogP contribution in [0, 0.1) is 10.8 Å². The lowest BCUT2D eigenvalue weighted by Gasteiger charge is -2.31. The zero-order valence-corrected chi connectivity index (χ0v) is 16.5. The molecule has 2 fully saturated rings. The second-order valence-corrected chi connectivity index (χ2v) is 7.76. The molecule has 174 valence electrons. The van der Waals surface area contributed by atoms with Gasteiger partial charge in [0.15, 0.2) is 0 Å². The number of rotatable bonds is 4. The van der Waals surface area contributed by atoms with Crippen LogP contribution in [-0.2, 0) is 19.2 Å². The number of para-hydroxylation sites is 2. The van der Waals surface area contributed by atoms with E-state index in [0.29, 0.717) is 24.6 Å². The maximum Gasteiger partial charge on any atom is 0.490 e. The molecular weight excluding hydrogens is 441 g/mol. The van der Waals surface area contributed by atoms with Crippen molar-refractivity contribution in [3.63, 3.8) is 0 Å². The summed E-state index contributed by atoms with van der Waals surface area (Å²) in [6.07, 6.45) is -4.95. The molecule has 1 saturated carbocycles. The van der Waals surface area contributed by atoms with Crippen LogP contribution in [0.4, 0.5) is 18.9 Å². The Bertz CT molecular complexity index is 940. The first-order chi connectivity index (χ1) is 14.8. The average Bonchev–Trinajstić information content (AvgIpc) is 3.26. The Kier molecular flexibility index (Phi) is 5.80. The number of alkyl halides is 3. The van der Waals surface area contributed by atoms with E-state index in [1.165, 1.54) is 0 Å². The van der Waals surface area contributed by atoms with Crippen molar-refractivity contribution in [3.8, 4) is 5.75 Å². The van der Waals surface area contributed by atoms with Crippen LogP contribution in [0.2, 0.25) is 0 Å². The van der Waals surface area contributed by atoms with Gasteiger partial charge in [-0.3, -0.25) is 19.3 Å². The number of benzene rings is 1. The Morgan fingerprint density at radius 3 is 2.03 bits per heavy atom. The summed E-state index contributed by atoms with van der Waals surface area (Å²) in [6, 6.07) is 7.23. The van der Waals surface area contributed by atoms with Crippen LogP contribution in [0.3, 0.4) is 0 Å². The number of hydrogen-bond donors (Lipinski definition) is 3. The number of amides is 1. The third kappa shape index (κ3) is 3.95. The van der Waals surface area contributed by atoms with E-state index in [1.54, 1.807) is 21.9 Å². The Labute approximate surface area is 178 Å². The van der Waals surface area contributed by atoms with E-state index in [1.807, 2.05) is 12.1 Å². The number of fused-ring (bicyclic) bond motifs is 2. The molecule has 0 radical (unpaired) electrons. The van der Waals surface area contributed by atoms with Crippen molar-refractivity contribution in [2.45, 2.75) is 12.6 Å². The quantitative estimate of drug-likeness (QED) is 0.597. The second kappa shape index (κ2) is 7.97. The molecule has 0 spiro atoms. The number of carbonyl (C=O) groups excluding carboxylic acids is 1. The summed E-state index contributed by atoms with van der Waals surface area (Å²) in [6.45, 7) is 0.982. The first-order valence-electron chi connectivity index (χ1n) is 9.35. The molecule has 1 aromatic rings. The lowest BCUT2D eigenvalue weighted by Crippen LogP contribution is -2.44. The molecule has 1 aromatic carbocycles. The minimum Gasteiger partial charge on any atom is -0.490 e. The highest BCUT2D eigenvalue weighted by molar-refractivity contribution is 5.98. The highest BCUT2D eigenvalue weighted by Gasteiger charge is 2.81. The zero-order chi connectivity index (χ0) is 23.9. The molecule has 0 aromatic heterocycles. The second-order valence-electron chi connectivity index (χ2n) is 7.76. The maximum absolute atomic E-state index is 12.7. The molecule has 3 N–H and O–H groups in total. The number of nitrogens with zero attached hydrogens (tertiary/aromatic N) is 2. The van der Waals surface area contributed by atoms with Crippen molar-refractivity contribution in [2.24, 2.45) is 10.8 Å². The molecule has 1 aliphatic carbocycles. The van der Waals surface area contributed by atoms with Gasteiger partial charge in [0.1, 0.15) is 12.4 Å². The Morgan fingerprint density at radius 2 is 1.53 bits per heavy atom. The fourth-order valence-corrected chi connectivity index (χ4v) is 4.22. The first kappa shape index (κ1) is 23.3. The topological polar surface area (TPSA) is 145 Å². The molecule has 2 aliphatic heterocycles. The van der Waals surface area contributed by atoms with Gasteiger partial charge in [-0.05, 0) is 18.6 Å². The van der Waals surface area contributed by atoms with Crippen LogP contribution in [0.15, 0.2) is 24.3 Å². The van der Waals surface area contributed by atoms with Crippen molar-refractivity contribution in [3.05, 3.63) is 24.3 Å². The minimum atomic E-state index is -5.08. The molecule has 2 heterocycles. The molecule has 4 rings (SSSR count). The van der Waals surface area contributed by atoms with Crippen LogP contribution in [0.5, 0.6) is 5.75 Å². The van der Waals surface area contributed by atoms with Gasteiger partial charge >= 0.3 is 24.1 Å². The van der Waals surface area contributed by atoms with Crippen LogP contribution >= 0.6 is 0 Å². The molecule has 1 saturated heterocycles. The van der Waals surface area contributed by atoms with E-state index < -0.39 is 34.9 Å². The van der Waals surface area contributed by atoms with Gasteiger partial charge in [-0.15, -0.1) is 0 Å². The molecule has 2 atom stereocenters. The van der Waals surface area contributed by atoms with Gasteiger partial charge in [-0.25, -0.2) is 4.79 Å². The van der Waals surface area contributed by atoms with E-state index in [9.17, 15) is 37.8 Å². The first-order valence-corrected chi connectivity index (χ1v) is 9.35. The van der Waals surface area contributed by atoms with E-state index in [-0.39, 0.29) is 32.0 Å². The van der Waals surface area contributed by atoms with Crippen LogP contribution < -0.4 is 9.64 Å². The number of ether oxygens (including phenoxy) is 1. The van der Waals surface area contributed by atoms with Crippen molar-refractivity contribution >= 4 is 29.5 Å². The molecule has 1 amide bonds. The zero-order valence-electron chi connectivity index (χ0n) is 16.5. The number of carbonyl (C=O) groups is 4. The molecule has 0 unspecified atom stereocenters. The predicted molar refractivity (Wildman–Crippen MR) is 99.2 cm³/mol. The van der Waals surface area contributed by atoms with E-state index in [4.69, 9.17) is 14.6 Å². The Balaban J connectivity index is 0.000000360. The fraction of sp³-hybridized carbons (Fsp3) is 0.474. The number of hydrogen-bond acceptors (Lipinski definition) is 6. The lowest BCUT2D eigenvalue weighted by atomic mass is 9.97. The van der Waals surface area contributed by atoms with Gasteiger partial charge in [-0.2, -0.15) is 13.2 Å². The third-order valence-electron chi connectivity index (χ3n) is 5.83. The van der Waals surface area contributed by atoms with Gasteiger partial charge in [-0.1, -0.05) is 12.1 Å². The molecule has 10 nitrogen and oxygen atoms in total.